The van der Waals surface area contributed by atoms with Crippen LogP contribution in [0.2, 0.25) is 0 Å². The molecule has 6 heteroatoms. The van der Waals surface area contributed by atoms with Gasteiger partial charge in [-0.15, -0.1) is 11.8 Å². The molecular formula is C23H17BrFNO2S. The molecule has 0 saturated heterocycles. The Morgan fingerprint density at radius 3 is 2.69 bits per heavy atom. The maximum absolute atomic E-state index is 13.9. The fourth-order valence-electron chi connectivity index (χ4n) is 3.06. The lowest BCUT2D eigenvalue weighted by atomic mass is 10.1. The van der Waals surface area contributed by atoms with E-state index in [4.69, 9.17) is 4.42 Å². The van der Waals surface area contributed by atoms with Crippen molar-refractivity contribution < 1.29 is 13.6 Å². The highest BCUT2D eigenvalue weighted by Gasteiger charge is 2.19. The molecule has 0 saturated carbocycles. The third-order valence-corrected chi connectivity index (χ3v) is 6.20. The first kappa shape index (κ1) is 19.7. The highest BCUT2D eigenvalue weighted by Crippen LogP contribution is 2.32. The molecule has 29 heavy (non-hydrogen) atoms. The van der Waals surface area contributed by atoms with Crippen LogP contribution in [-0.4, -0.2) is 5.91 Å². The Bertz CT molecular complexity index is 1200. The van der Waals surface area contributed by atoms with E-state index in [1.54, 1.807) is 12.1 Å². The van der Waals surface area contributed by atoms with Gasteiger partial charge in [-0.2, -0.15) is 0 Å². The van der Waals surface area contributed by atoms with Crippen LogP contribution in [-0.2, 0) is 5.75 Å². The summed E-state index contributed by atoms with van der Waals surface area (Å²) in [4.78, 5) is 13.7. The minimum Gasteiger partial charge on any atom is -0.451 e. The van der Waals surface area contributed by atoms with E-state index in [1.807, 2.05) is 55.5 Å². The van der Waals surface area contributed by atoms with Crippen LogP contribution in [0.3, 0.4) is 0 Å². The van der Waals surface area contributed by atoms with E-state index in [1.165, 1.54) is 17.8 Å². The summed E-state index contributed by atoms with van der Waals surface area (Å²) in [5, 5.41) is 3.83. The van der Waals surface area contributed by atoms with Crippen molar-refractivity contribution in [3.63, 3.8) is 0 Å². The van der Waals surface area contributed by atoms with Gasteiger partial charge >= 0.3 is 0 Å². The number of thioether (sulfide) groups is 1. The van der Waals surface area contributed by atoms with Crippen molar-refractivity contribution in [2.75, 3.05) is 5.32 Å². The van der Waals surface area contributed by atoms with Gasteiger partial charge in [0.1, 0.15) is 11.4 Å². The summed E-state index contributed by atoms with van der Waals surface area (Å²) in [7, 11) is 0. The zero-order chi connectivity index (χ0) is 20.4. The van der Waals surface area contributed by atoms with E-state index in [2.05, 4.69) is 21.2 Å². The number of halogens is 2. The summed E-state index contributed by atoms with van der Waals surface area (Å²) in [6.07, 6.45) is 0. The number of carbonyl (C=O) groups excluding carboxylic acids is 1. The van der Waals surface area contributed by atoms with Gasteiger partial charge in [-0.05, 0) is 48.9 Å². The van der Waals surface area contributed by atoms with Crippen LogP contribution in [0.15, 0.2) is 80.5 Å². The summed E-state index contributed by atoms with van der Waals surface area (Å²) < 4.78 is 20.6. The molecule has 0 aliphatic heterocycles. The Hall–Kier alpha value is -2.57. The van der Waals surface area contributed by atoms with Crippen LogP contribution in [0.5, 0.6) is 0 Å². The lowest BCUT2D eigenvalue weighted by Gasteiger charge is -2.10. The van der Waals surface area contributed by atoms with Gasteiger partial charge in [0, 0.05) is 26.1 Å². The van der Waals surface area contributed by atoms with Crippen LogP contribution in [0.4, 0.5) is 10.1 Å². The highest BCUT2D eigenvalue weighted by molar-refractivity contribution is 9.10. The number of benzene rings is 3. The number of anilines is 1. The first-order chi connectivity index (χ1) is 14.0. The zero-order valence-corrected chi connectivity index (χ0v) is 17.9. The summed E-state index contributed by atoms with van der Waals surface area (Å²) in [5.41, 5.74) is 2.74. The van der Waals surface area contributed by atoms with Gasteiger partial charge in [0.15, 0.2) is 5.76 Å². The van der Waals surface area contributed by atoms with Gasteiger partial charge in [-0.25, -0.2) is 4.39 Å². The molecule has 0 spiro atoms. The Morgan fingerprint density at radius 1 is 1.10 bits per heavy atom. The molecular weight excluding hydrogens is 453 g/mol. The molecule has 0 atom stereocenters. The van der Waals surface area contributed by atoms with Gasteiger partial charge in [0.05, 0.1) is 5.69 Å². The van der Waals surface area contributed by atoms with E-state index in [9.17, 15) is 9.18 Å². The second-order valence-electron chi connectivity index (χ2n) is 6.53. The summed E-state index contributed by atoms with van der Waals surface area (Å²) in [6.45, 7) is 1.87. The average Bonchev–Trinajstić information content (AvgIpc) is 3.04. The monoisotopic (exact) mass is 469 g/mol. The molecule has 4 rings (SSSR count). The summed E-state index contributed by atoms with van der Waals surface area (Å²) >= 11 is 4.92. The van der Waals surface area contributed by atoms with Crippen molar-refractivity contribution in [2.45, 2.75) is 17.6 Å². The second-order valence-corrected chi connectivity index (χ2v) is 8.46. The smallest absolute Gasteiger partial charge is 0.291 e. The van der Waals surface area contributed by atoms with Crippen LogP contribution in [0.25, 0.3) is 11.0 Å². The molecule has 1 heterocycles. The third-order valence-electron chi connectivity index (χ3n) is 4.58. The number of hydrogen-bond acceptors (Lipinski definition) is 3. The van der Waals surface area contributed by atoms with Crippen LogP contribution in [0, 0.1) is 12.7 Å². The molecule has 1 amide bonds. The minimum atomic E-state index is -0.311. The number of hydrogen-bond donors (Lipinski definition) is 1. The Morgan fingerprint density at radius 2 is 1.86 bits per heavy atom. The number of furan rings is 1. The molecule has 3 nitrogen and oxygen atoms in total. The number of para-hydroxylation sites is 1. The highest BCUT2D eigenvalue weighted by atomic mass is 79.9. The molecule has 0 bridgehead atoms. The van der Waals surface area contributed by atoms with E-state index in [-0.39, 0.29) is 17.5 Å². The predicted molar refractivity (Wildman–Crippen MR) is 119 cm³/mol. The lowest BCUT2D eigenvalue weighted by Crippen LogP contribution is -2.12. The average molecular weight is 470 g/mol. The lowest BCUT2D eigenvalue weighted by molar-refractivity contribution is 0.0997. The van der Waals surface area contributed by atoms with Crippen molar-refractivity contribution in [3.05, 3.63) is 93.9 Å². The summed E-state index contributed by atoms with van der Waals surface area (Å²) in [5.74, 6) is 0.211. The fraction of sp³-hybridized carbons (Fsp3) is 0.0870. The molecule has 4 aromatic rings. The SMILES string of the molecule is Cc1c(C(=O)Nc2ccccc2SCc2ccccc2F)oc2ccc(Br)cc12. The van der Waals surface area contributed by atoms with Crippen molar-refractivity contribution in [2.24, 2.45) is 0 Å². The maximum Gasteiger partial charge on any atom is 0.291 e. The molecule has 0 fully saturated rings. The molecule has 3 aromatic carbocycles. The number of rotatable bonds is 5. The first-order valence-corrected chi connectivity index (χ1v) is 10.8. The van der Waals surface area contributed by atoms with Gasteiger partial charge in [0.25, 0.3) is 5.91 Å². The number of aryl methyl sites for hydroxylation is 1. The number of carbonyl (C=O) groups is 1. The molecule has 1 N–H and O–H groups in total. The molecule has 0 aliphatic carbocycles. The normalized spacial score (nSPS) is 11.0. The van der Waals surface area contributed by atoms with Gasteiger partial charge in [0.2, 0.25) is 0 Å². The molecule has 0 aliphatic rings. The van der Waals surface area contributed by atoms with E-state index < -0.39 is 0 Å². The van der Waals surface area contributed by atoms with E-state index >= 15 is 0 Å². The number of fused-ring (bicyclic) bond motifs is 1. The van der Waals surface area contributed by atoms with Crippen molar-refractivity contribution >= 4 is 50.3 Å². The van der Waals surface area contributed by atoms with Crippen molar-refractivity contribution in [3.8, 4) is 0 Å². The van der Waals surface area contributed by atoms with Crippen molar-refractivity contribution in [1.82, 2.24) is 0 Å². The fourth-order valence-corrected chi connectivity index (χ4v) is 4.41. The molecule has 146 valence electrons. The van der Waals surface area contributed by atoms with Gasteiger partial charge in [-0.3, -0.25) is 4.79 Å². The van der Waals surface area contributed by atoms with Crippen LogP contribution < -0.4 is 5.32 Å². The second kappa shape index (κ2) is 8.43. The standard InChI is InChI=1S/C23H17BrFNO2S/c1-14-17-12-16(24)10-11-20(17)28-22(14)23(27)26-19-8-4-5-9-21(19)29-13-15-6-2-3-7-18(15)25/h2-12H,13H2,1H3,(H,26,27). The Balaban J connectivity index is 1.56. The molecule has 0 radical (unpaired) electrons. The van der Waals surface area contributed by atoms with E-state index in [0.29, 0.717) is 22.6 Å². The predicted octanol–water partition coefficient (Wildman–Crippen LogP) is 7.19. The maximum atomic E-state index is 13.9. The van der Waals surface area contributed by atoms with Gasteiger partial charge < -0.3 is 9.73 Å². The van der Waals surface area contributed by atoms with Crippen LogP contribution in [0.1, 0.15) is 21.7 Å². The quantitative estimate of drug-likeness (QED) is 0.314. The molecule has 1 aromatic heterocycles. The van der Waals surface area contributed by atoms with E-state index in [0.717, 1.165) is 20.3 Å². The first-order valence-electron chi connectivity index (χ1n) is 8.98. The van der Waals surface area contributed by atoms with Gasteiger partial charge in [-0.1, -0.05) is 46.3 Å². The Kier molecular flexibility index (Phi) is 5.74. The molecule has 0 unspecified atom stereocenters. The largest absolute Gasteiger partial charge is 0.451 e. The van der Waals surface area contributed by atoms with Crippen molar-refractivity contribution in [1.29, 1.82) is 0 Å². The number of nitrogens with one attached hydrogen (secondary N) is 1. The van der Waals surface area contributed by atoms with Crippen LogP contribution >= 0.6 is 27.7 Å². The Labute approximate surface area is 180 Å². The third kappa shape index (κ3) is 4.23. The number of amides is 1. The zero-order valence-electron chi connectivity index (χ0n) is 15.5. The topological polar surface area (TPSA) is 42.2 Å². The minimum absolute atomic E-state index is 0.231. The summed E-state index contributed by atoms with van der Waals surface area (Å²) in [6, 6.07) is 19.8.